The highest BCUT2D eigenvalue weighted by Crippen LogP contribution is 2.45. The molecule has 1 N–H and O–H groups in total. The predicted octanol–water partition coefficient (Wildman–Crippen LogP) is 5.80. The van der Waals surface area contributed by atoms with Gasteiger partial charge in [-0.15, -0.1) is 0 Å². The number of hydrogen-bond donors (Lipinski definition) is 1. The molecule has 3 aromatic carbocycles. The maximum absolute atomic E-state index is 13.6. The van der Waals surface area contributed by atoms with Gasteiger partial charge >= 0.3 is 0 Å². The molecule has 0 spiro atoms. The van der Waals surface area contributed by atoms with Crippen LogP contribution in [0.5, 0.6) is 17.2 Å². The maximum Gasteiger partial charge on any atom is 0.300 e. The molecule has 1 atom stereocenters. The minimum Gasteiger partial charge on any atom is -0.507 e. The topological polar surface area (TPSA) is 88.5 Å². The van der Waals surface area contributed by atoms with Gasteiger partial charge in [-0.3, -0.25) is 14.5 Å². The van der Waals surface area contributed by atoms with Crippen LogP contribution in [0.1, 0.15) is 50.4 Å². The van der Waals surface area contributed by atoms with Gasteiger partial charge in [0.15, 0.2) is 11.5 Å². The van der Waals surface area contributed by atoms with Crippen LogP contribution in [0.2, 0.25) is 0 Å². The third kappa shape index (κ3) is 4.74. The zero-order valence-corrected chi connectivity index (χ0v) is 23.6. The monoisotopic (exact) mass is 542 g/mol. The van der Waals surface area contributed by atoms with Crippen LogP contribution in [0.3, 0.4) is 0 Å². The average molecular weight is 543 g/mol. The summed E-state index contributed by atoms with van der Waals surface area (Å²) in [5.41, 5.74) is 3.16. The van der Waals surface area contributed by atoms with Crippen LogP contribution >= 0.6 is 0 Å². The SMILES string of the molecule is CCOc1ccc(/C(O)=C2\C(=O)C(=O)N(c3ccc4c(c3)OCO4)C2c2ccc(N(C)C)cc2)cc1C(C)(C)C. The van der Waals surface area contributed by atoms with Crippen LogP contribution in [0.4, 0.5) is 11.4 Å². The van der Waals surface area contributed by atoms with Crippen molar-refractivity contribution in [3.63, 3.8) is 0 Å². The highest BCUT2D eigenvalue weighted by molar-refractivity contribution is 6.51. The van der Waals surface area contributed by atoms with E-state index in [1.807, 2.05) is 56.3 Å². The molecular formula is C32H34N2O6. The molecule has 1 amide bonds. The van der Waals surface area contributed by atoms with E-state index < -0.39 is 17.7 Å². The molecule has 2 aliphatic rings. The zero-order valence-electron chi connectivity index (χ0n) is 23.6. The number of benzene rings is 3. The van der Waals surface area contributed by atoms with Gasteiger partial charge in [0.1, 0.15) is 11.5 Å². The summed E-state index contributed by atoms with van der Waals surface area (Å²) in [4.78, 5) is 30.6. The van der Waals surface area contributed by atoms with Crippen molar-refractivity contribution in [3.05, 3.63) is 82.9 Å². The van der Waals surface area contributed by atoms with Gasteiger partial charge in [0, 0.05) is 42.7 Å². The standard InChI is InChI=1S/C32H34N2O6/c1-7-38-24-14-10-20(16-23(24)32(2,3)4)29(35)27-28(19-8-11-21(12-9-19)33(5)6)34(31(37)30(27)36)22-13-15-25-26(17-22)40-18-39-25/h8-17,28,35H,7,18H2,1-6H3/b29-27+. The van der Waals surface area contributed by atoms with Crippen molar-refractivity contribution in [2.24, 2.45) is 0 Å². The molecule has 0 bridgehead atoms. The van der Waals surface area contributed by atoms with E-state index in [9.17, 15) is 14.7 Å². The van der Waals surface area contributed by atoms with Crippen LogP contribution in [0.15, 0.2) is 66.2 Å². The van der Waals surface area contributed by atoms with Crippen LogP contribution in [-0.4, -0.2) is 44.3 Å². The van der Waals surface area contributed by atoms with Crippen molar-refractivity contribution < 1.29 is 28.9 Å². The third-order valence-electron chi connectivity index (χ3n) is 7.16. The number of anilines is 2. The third-order valence-corrected chi connectivity index (χ3v) is 7.16. The second-order valence-corrected chi connectivity index (χ2v) is 11.1. The van der Waals surface area contributed by atoms with E-state index in [2.05, 4.69) is 20.8 Å². The first-order valence-corrected chi connectivity index (χ1v) is 13.3. The largest absolute Gasteiger partial charge is 0.507 e. The molecular weight excluding hydrogens is 508 g/mol. The maximum atomic E-state index is 13.6. The summed E-state index contributed by atoms with van der Waals surface area (Å²) in [7, 11) is 3.87. The molecule has 2 aliphatic heterocycles. The number of amides is 1. The molecule has 1 unspecified atom stereocenters. The molecule has 1 saturated heterocycles. The Hall–Kier alpha value is -4.46. The number of nitrogens with zero attached hydrogens (tertiary/aromatic N) is 2. The fourth-order valence-electron chi connectivity index (χ4n) is 5.10. The quantitative estimate of drug-likeness (QED) is 0.239. The van der Waals surface area contributed by atoms with E-state index in [0.29, 0.717) is 40.7 Å². The Morgan fingerprint density at radius 1 is 1.00 bits per heavy atom. The van der Waals surface area contributed by atoms with Crippen LogP contribution in [-0.2, 0) is 15.0 Å². The number of hydrogen-bond acceptors (Lipinski definition) is 7. The number of ether oxygens (including phenoxy) is 3. The Kier molecular flexibility index (Phi) is 6.96. The van der Waals surface area contributed by atoms with E-state index in [4.69, 9.17) is 14.2 Å². The lowest BCUT2D eigenvalue weighted by atomic mass is 9.84. The Morgan fingerprint density at radius 2 is 1.70 bits per heavy atom. The lowest BCUT2D eigenvalue weighted by molar-refractivity contribution is -0.132. The van der Waals surface area contributed by atoms with Crippen molar-refractivity contribution in [2.45, 2.75) is 39.2 Å². The minimum absolute atomic E-state index is 0.0179. The number of rotatable bonds is 6. The average Bonchev–Trinajstić information content (AvgIpc) is 3.49. The van der Waals surface area contributed by atoms with Crippen LogP contribution in [0.25, 0.3) is 5.76 Å². The first-order chi connectivity index (χ1) is 19.0. The Morgan fingerprint density at radius 3 is 2.35 bits per heavy atom. The molecule has 0 saturated carbocycles. The molecule has 208 valence electrons. The van der Waals surface area contributed by atoms with Crippen molar-refractivity contribution in [3.8, 4) is 17.2 Å². The van der Waals surface area contributed by atoms with Crippen molar-refractivity contribution >= 4 is 28.8 Å². The molecule has 2 heterocycles. The highest BCUT2D eigenvalue weighted by atomic mass is 16.7. The molecule has 5 rings (SSSR count). The molecule has 0 aliphatic carbocycles. The van der Waals surface area contributed by atoms with E-state index in [0.717, 1.165) is 11.3 Å². The number of ketones is 1. The van der Waals surface area contributed by atoms with Gasteiger partial charge in [-0.1, -0.05) is 32.9 Å². The second-order valence-electron chi connectivity index (χ2n) is 11.1. The van der Waals surface area contributed by atoms with Crippen LogP contribution < -0.4 is 24.0 Å². The van der Waals surface area contributed by atoms with E-state index in [-0.39, 0.29) is 23.5 Å². The van der Waals surface area contributed by atoms with Gasteiger partial charge in [-0.25, -0.2) is 0 Å². The van der Waals surface area contributed by atoms with Gasteiger partial charge in [-0.2, -0.15) is 0 Å². The summed E-state index contributed by atoms with van der Waals surface area (Å²) in [6.07, 6.45) is 0. The number of aliphatic hydroxyl groups excluding tert-OH is 1. The van der Waals surface area contributed by atoms with E-state index in [1.54, 1.807) is 30.3 Å². The van der Waals surface area contributed by atoms with E-state index >= 15 is 0 Å². The second kappa shape index (κ2) is 10.3. The molecule has 0 radical (unpaired) electrons. The first kappa shape index (κ1) is 27.1. The number of carbonyl (C=O) groups is 2. The van der Waals surface area contributed by atoms with Gasteiger partial charge < -0.3 is 24.2 Å². The normalized spacial score (nSPS) is 17.9. The summed E-state index contributed by atoms with van der Waals surface area (Å²) in [5.74, 6) is 0.0332. The van der Waals surface area contributed by atoms with Gasteiger partial charge in [0.25, 0.3) is 11.7 Å². The molecule has 1 fully saturated rings. The number of aliphatic hydroxyl groups is 1. The first-order valence-electron chi connectivity index (χ1n) is 13.3. The summed E-state index contributed by atoms with van der Waals surface area (Å²) in [6, 6.07) is 17.2. The Labute approximate surface area is 234 Å². The minimum atomic E-state index is -0.860. The Balaban J connectivity index is 1.70. The van der Waals surface area contributed by atoms with Crippen molar-refractivity contribution in [1.29, 1.82) is 0 Å². The van der Waals surface area contributed by atoms with Gasteiger partial charge in [0.2, 0.25) is 6.79 Å². The molecule has 8 heteroatoms. The molecule has 8 nitrogen and oxygen atoms in total. The predicted molar refractivity (Wildman–Crippen MR) is 154 cm³/mol. The highest BCUT2D eigenvalue weighted by Gasteiger charge is 2.47. The van der Waals surface area contributed by atoms with Gasteiger partial charge in [0.05, 0.1) is 18.2 Å². The summed E-state index contributed by atoms with van der Waals surface area (Å²) < 4.78 is 16.8. The molecule has 0 aromatic heterocycles. The number of Topliss-reactive ketones (excluding diaryl/α,β-unsaturated/α-hetero) is 1. The lowest BCUT2D eigenvalue weighted by Crippen LogP contribution is -2.29. The number of carbonyl (C=O) groups excluding carboxylic acids is 2. The summed E-state index contributed by atoms with van der Waals surface area (Å²) in [5, 5.41) is 11.7. The molecule has 3 aromatic rings. The summed E-state index contributed by atoms with van der Waals surface area (Å²) in [6.45, 7) is 8.66. The van der Waals surface area contributed by atoms with E-state index in [1.165, 1.54) is 4.90 Å². The fraction of sp³-hybridized carbons (Fsp3) is 0.312. The Bertz CT molecular complexity index is 1500. The van der Waals surface area contributed by atoms with Crippen LogP contribution in [0, 0.1) is 0 Å². The smallest absolute Gasteiger partial charge is 0.300 e. The van der Waals surface area contributed by atoms with Crippen molar-refractivity contribution in [2.75, 3.05) is 37.3 Å². The van der Waals surface area contributed by atoms with Crippen molar-refractivity contribution in [1.82, 2.24) is 0 Å². The lowest BCUT2D eigenvalue weighted by Gasteiger charge is -2.26. The van der Waals surface area contributed by atoms with Gasteiger partial charge in [-0.05, 0) is 60.4 Å². The zero-order chi connectivity index (χ0) is 28.8. The molecule has 40 heavy (non-hydrogen) atoms. The number of fused-ring (bicyclic) bond motifs is 1. The summed E-state index contributed by atoms with van der Waals surface area (Å²) >= 11 is 0. The fourth-order valence-corrected chi connectivity index (χ4v) is 5.10.